The van der Waals surface area contributed by atoms with Gasteiger partial charge in [0.2, 0.25) is 0 Å². The van der Waals surface area contributed by atoms with Crippen molar-refractivity contribution >= 4 is 16.6 Å². The molecule has 0 fully saturated rings. The van der Waals surface area contributed by atoms with Gasteiger partial charge in [0.1, 0.15) is 0 Å². The van der Waals surface area contributed by atoms with Gasteiger partial charge in [0.25, 0.3) is 5.56 Å². The van der Waals surface area contributed by atoms with Crippen LogP contribution in [0.2, 0.25) is 0 Å². The van der Waals surface area contributed by atoms with E-state index < -0.39 is 0 Å². The summed E-state index contributed by atoms with van der Waals surface area (Å²) in [4.78, 5) is 11.9. The van der Waals surface area contributed by atoms with Crippen LogP contribution in [0, 0.1) is 11.8 Å². The Morgan fingerprint density at radius 1 is 1.04 bits per heavy atom. The van der Waals surface area contributed by atoms with E-state index in [0.717, 1.165) is 34.3 Å². The lowest BCUT2D eigenvalue weighted by atomic mass is 10.1. The number of hydrogen-bond donors (Lipinski definition) is 1. The first-order chi connectivity index (χ1) is 11.2. The molecule has 3 rings (SSSR count). The number of fused-ring (bicyclic) bond motifs is 1. The van der Waals surface area contributed by atoms with Gasteiger partial charge in [-0.1, -0.05) is 30.0 Å². The quantitative estimate of drug-likeness (QED) is 0.736. The predicted molar refractivity (Wildman–Crippen MR) is 95.8 cm³/mol. The van der Waals surface area contributed by atoms with Gasteiger partial charge in [-0.05, 0) is 37.3 Å². The predicted octanol–water partition coefficient (Wildman–Crippen LogP) is 3.37. The van der Waals surface area contributed by atoms with E-state index in [1.807, 2.05) is 55.5 Å². The standard InChI is InChI=1S/C20H18N2O/c1-3-21-17-13-16(10-9-15-7-5-4-6-8-15)18-11-12-20(23)22(2)19(18)14-17/h4-8,11-14,21H,3H2,1-2H3. The zero-order chi connectivity index (χ0) is 16.2. The van der Waals surface area contributed by atoms with Crippen LogP contribution in [0.15, 0.2) is 59.4 Å². The maximum atomic E-state index is 11.9. The lowest BCUT2D eigenvalue weighted by Crippen LogP contribution is -2.15. The van der Waals surface area contributed by atoms with Gasteiger partial charge < -0.3 is 9.88 Å². The average Bonchev–Trinajstić information content (AvgIpc) is 2.58. The number of nitrogens with one attached hydrogen (secondary N) is 1. The topological polar surface area (TPSA) is 34.0 Å². The molecular formula is C20H18N2O. The van der Waals surface area contributed by atoms with E-state index in [2.05, 4.69) is 17.2 Å². The van der Waals surface area contributed by atoms with Crippen molar-refractivity contribution in [2.24, 2.45) is 7.05 Å². The Bertz CT molecular complexity index is 960. The highest BCUT2D eigenvalue weighted by Crippen LogP contribution is 2.22. The monoisotopic (exact) mass is 302 g/mol. The van der Waals surface area contributed by atoms with E-state index in [0.29, 0.717) is 0 Å². The molecule has 2 aromatic carbocycles. The Morgan fingerprint density at radius 2 is 1.83 bits per heavy atom. The van der Waals surface area contributed by atoms with Crippen molar-refractivity contribution in [2.45, 2.75) is 6.92 Å². The third-order valence-corrected chi connectivity index (χ3v) is 3.74. The molecule has 1 heterocycles. The number of nitrogens with zero attached hydrogens (tertiary/aromatic N) is 1. The van der Waals surface area contributed by atoms with Gasteiger partial charge in [0.15, 0.2) is 0 Å². The van der Waals surface area contributed by atoms with E-state index in [1.54, 1.807) is 17.7 Å². The van der Waals surface area contributed by atoms with E-state index in [-0.39, 0.29) is 5.56 Å². The molecule has 0 spiro atoms. The molecule has 0 aliphatic carbocycles. The summed E-state index contributed by atoms with van der Waals surface area (Å²) >= 11 is 0. The molecule has 0 atom stereocenters. The van der Waals surface area contributed by atoms with Crippen molar-refractivity contribution in [1.29, 1.82) is 0 Å². The smallest absolute Gasteiger partial charge is 0.250 e. The van der Waals surface area contributed by atoms with Crippen LogP contribution in [0.1, 0.15) is 18.1 Å². The summed E-state index contributed by atoms with van der Waals surface area (Å²) in [5.41, 5.74) is 3.72. The Hall–Kier alpha value is -2.99. The highest BCUT2D eigenvalue weighted by atomic mass is 16.1. The van der Waals surface area contributed by atoms with Gasteiger partial charge in [-0.15, -0.1) is 0 Å². The van der Waals surface area contributed by atoms with Crippen LogP contribution in [0.3, 0.4) is 0 Å². The van der Waals surface area contributed by atoms with E-state index in [9.17, 15) is 4.79 Å². The molecule has 0 amide bonds. The average molecular weight is 302 g/mol. The van der Waals surface area contributed by atoms with Crippen molar-refractivity contribution in [2.75, 3.05) is 11.9 Å². The van der Waals surface area contributed by atoms with Crippen molar-refractivity contribution < 1.29 is 0 Å². The van der Waals surface area contributed by atoms with Crippen LogP contribution < -0.4 is 10.9 Å². The fourth-order valence-corrected chi connectivity index (χ4v) is 2.55. The summed E-state index contributed by atoms with van der Waals surface area (Å²) in [5, 5.41) is 4.29. The number of anilines is 1. The third-order valence-electron chi connectivity index (χ3n) is 3.74. The number of rotatable bonds is 2. The molecule has 0 saturated carbocycles. The second kappa shape index (κ2) is 6.41. The molecule has 1 aromatic heterocycles. The van der Waals surface area contributed by atoms with Gasteiger partial charge in [-0.25, -0.2) is 0 Å². The second-order valence-electron chi connectivity index (χ2n) is 5.33. The highest BCUT2D eigenvalue weighted by molar-refractivity contribution is 5.89. The fraction of sp³-hybridized carbons (Fsp3) is 0.150. The first-order valence-corrected chi connectivity index (χ1v) is 7.64. The fourth-order valence-electron chi connectivity index (χ4n) is 2.55. The normalized spacial score (nSPS) is 10.2. The third kappa shape index (κ3) is 3.12. The molecule has 0 bridgehead atoms. The van der Waals surface area contributed by atoms with Crippen LogP contribution in [-0.4, -0.2) is 11.1 Å². The first-order valence-electron chi connectivity index (χ1n) is 7.64. The summed E-state index contributed by atoms with van der Waals surface area (Å²) in [7, 11) is 1.79. The van der Waals surface area contributed by atoms with Gasteiger partial charge in [-0.2, -0.15) is 0 Å². The molecule has 0 unspecified atom stereocenters. The lowest BCUT2D eigenvalue weighted by molar-refractivity contribution is 0.906. The van der Waals surface area contributed by atoms with Gasteiger partial charge in [-0.3, -0.25) is 4.79 Å². The molecule has 3 heteroatoms. The molecule has 0 saturated heterocycles. The molecule has 3 nitrogen and oxygen atoms in total. The first kappa shape index (κ1) is 14.9. The molecule has 0 radical (unpaired) electrons. The number of aryl methyl sites for hydroxylation is 1. The van der Waals surface area contributed by atoms with Crippen LogP contribution in [0.4, 0.5) is 5.69 Å². The molecule has 114 valence electrons. The molecule has 0 aliphatic rings. The summed E-state index contributed by atoms with van der Waals surface area (Å²) in [6, 6.07) is 17.4. The number of aromatic nitrogens is 1. The summed E-state index contributed by atoms with van der Waals surface area (Å²) in [6.07, 6.45) is 0. The maximum absolute atomic E-state index is 11.9. The Morgan fingerprint density at radius 3 is 2.57 bits per heavy atom. The maximum Gasteiger partial charge on any atom is 0.250 e. The van der Waals surface area contributed by atoms with E-state index in [1.165, 1.54) is 0 Å². The van der Waals surface area contributed by atoms with Gasteiger partial charge in [0.05, 0.1) is 5.52 Å². The number of hydrogen-bond acceptors (Lipinski definition) is 2. The summed E-state index contributed by atoms with van der Waals surface area (Å²) < 4.78 is 1.66. The van der Waals surface area contributed by atoms with E-state index >= 15 is 0 Å². The van der Waals surface area contributed by atoms with Crippen LogP contribution >= 0.6 is 0 Å². The Balaban J connectivity index is 2.21. The molecule has 0 aliphatic heterocycles. The number of pyridine rings is 1. The molecule has 1 N–H and O–H groups in total. The minimum atomic E-state index is -0.0203. The van der Waals surface area contributed by atoms with Gasteiger partial charge >= 0.3 is 0 Å². The summed E-state index contributed by atoms with van der Waals surface area (Å²) in [5.74, 6) is 6.44. The second-order valence-corrected chi connectivity index (χ2v) is 5.33. The minimum Gasteiger partial charge on any atom is -0.385 e. The molecular weight excluding hydrogens is 284 g/mol. The Kier molecular flexibility index (Phi) is 4.16. The lowest BCUT2D eigenvalue weighted by Gasteiger charge is -2.10. The zero-order valence-corrected chi connectivity index (χ0v) is 13.3. The van der Waals surface area contributed by atoms with Crippen molar-refractivity contribution in [3.05, 3.63) is 76.1 Å². The SMILES string of the molecule is CCNc1cc(C#Cc2ccccc2)c2ccc(=O)n(C)c2c1. The largest absolute Gasteiger partial charge is 0.385 e. The van der Waals surface area contributed by atoms with Gasteiger partial charge in [0, 0.05) is 41.9 Å². The molecule has 23 heavy (non-hydrogen) atoms. The molecule has 3 aromatic rings. The Labute approximate surface area is 135 Å². The zero-order valence-electron chi connectivity index (χ0n) is 13.3. The van der Waals surface area contributed by atoms with Crippen molar-refractivity contribution in [3.63, 3.8) is 0 Å². The highest BCUT2D eigenvalue weighted by Gasteiger charge is 2.06. The van der Waals surface area contributed by atoms with Crippen molar-refractivity contribution in [1.82, 2.24) is 4.57 Å². The minimum absolute atomic E-state index is 0.0203. The van der Waals surface area contributed by atoms with Crippen LogP contribution in [0.5, 0.6) is 0 Å². The van der Waals surface area contributed by atoms with Crippen molar-refractivity contribution in [3.8, 4) is 11.8 Å². The van der Waals surface area contributed by atoms with E-state index in [4.69, 9.17) is 0 Å². The summed E-state index contributed by atoms with van der Waals surface area (Å²) in [6.45, 7) is 2.86. The number of benzene rings is 2. The van der Waals surface area contributed by atoms with Crippen LogP contribution in [0.25, 0.3) is 10.9 Å². The van der Waals surface area contributed by atoms with Crippen LogP contribution in [-0.2, 0) is 7.05 Å².